The van der Waals surface area contributed by atoms with Gasteiger partial charge in [-0.05, 0) is 111 Å². The van der Waals surface area contributed by atoms with E-state index in [0.29, 0.717) is 47.6 Å². The molecule has 0 atom stereocenters. The van der Waals surface area contributed by atoms with Crippen LogP contribution in [0.5, 0.6) is 5.75 Å². The predicted molar refractivity (Wildman–Crippen MR) is 170 cm³/mol. The Labute approximate surface area is 258 Å². The molecule has 4 fully saturated rings. The minimum Gasteiger partial charge on any atom is -0.494 e. The van der Waals surface area contributed by atoms with Gasteiger partial charge in [0.1, 0.15) is 5.75 Å². The second kappa shape index (κ2) is 12.7. The Hall–Kier alpha value is -3.33. The van der Waals surface area contributed by atoms with Gasteiger partial charge in [-0.3, -0.25) is 14.2 Å². The van der Waals surface area contributed by atoms with Crippen LogP contribution in [0.3, 0.4) is 0 Å². The summed E-state index contributed by atoms with van der Waals surface area (Å²) in [6, 6.07) is 13.7. The van der Waals surface area contributed by atoms with Crippen molar-refractivity contribution in [1.29, 1.82) is 0 Å². The fourth-order valence-corrected chi connectivity index (χ4v) is 8.86. The third-order valence-electron chi connectivity index (χ3n) is 9.60. The number of hydrogen-bond acceptors (Lipinski definition) is 6. The smallest absolute Gasteiger partial charge is 0.234 e. The lowest BCUT2D eigenvalue weighted by atomic mass is 9.49. The van der Waals surface area contributed by atoms with Crippen LogP contribution in [-0.2, 0) is 29.0 Å². The molecule has 1 aromatic heterocycles. The molecule has 1 heterocycles. The predicted octanol–water partition coefficient (Wildman–Crippen LogP) is 6.35. The van der Waals surface area contributed by atoms with Gasteiger partial charge in [0.25, 0.3) is 0 Å². The number of hydrogen-bond donors (Lipinski definition) is 2. The van der Waals surface area contributed by atoms with E-state index in [0.717, 1.165) is 43.5 Å². The third-order valence-corrected chi connectivity index (χ3v) is 10.5. The Kier molecular flexibility index (Phi) is 8.80. The molecule has 43 heavy (non-hydrogen) atoms. The van der Waals surface area contributed by atoms with Crippen LogP contribution >= 0.6 is 11.8 Å². The topological polar surface area (TPSA) is 98.1 Å². The lowest BCUT2D eigenvalue weighted by Crippen LogP contribution is -2.53. The van der Waals surface area contributed by atoms with Gasteiger partial charge < -0.3 is 15.4 Å². The fraction of sp³-hybridized carbons (Fsp3) is 0.529. The number of carbonyl (C=O) groups excluding carboxylic acids is 2. The van der Waals surface area contributed by atoms with Crippen molar-refractivity contribution in [3.63, 3.8) is 0 Å². The van der Waals surface area contributed by atoms with Crippen molar-refractivity contribution in [3.05, 3.63) is 59.4 Å². The lowest BCUT2D eigenvalue weighted by molar-refractivity contribution is -0.146. The number of nitrogens with zero attached hydrogens (tertiary/aromatic N) is 3. The van der Waals surface area contributed by atoms with Gasteiger partial charge in [0.2, 0.25) is 11.8 Å². The first-order valence-corrected chi connectivity index (χ1v) is 16.9. The summed E-state index contributed by atoms with van der Waals surface area (Å²) in [5.41, 5.74) is 3.94. The molecular formula is C34H43N5O3S. The number of amides is 2. The highest BCUT2D eigenvalue weighted by atomic mass is 32.2. The summed E-state index contributed by atoms with van der Waals surface area (Å²) in [6.07, 6.45) is 8.71. The van der Waals surface area contributed by atoms with E-state index in [1.165, 1.54) is 42.2 Å². The third kappa shape index (κ3) is 6.19. The van der Waals surface area contributed by atoms with E-state index in [-0.39, 0.29) is 23.0 Å². The van der Waals surface area contributed by atoms with Gasteiger partial charge in [0.05, 0.1) is 24.6 Å². The number of ether oxygens (including phenoxy) is 1. The molecular weight excluding hydrogens is 558 g/mol. The summed E-state index contributed by atoms with van der Waals surface area (Å²) in [5.74, 6) is 3.84. The van der Waals surface area contributed by atoms with Crippen molar-refractivity contribution >= 4 is 29.3 Å². The van der Waals surface area contributed by atoms with Crippen molar-refractivity contribution in [1.82, 2.24) is 20.1 Å². The van der Waals surface area contributed by atoms with Crippen LogP contribution in [0.4, 0.5) is 5.69 Å². The average molecular weight is 602 g/mol. The van der Waals surface area contributed by atoms with E-state index in [1.54, 1.807) is 0 Å². The first-order valence-electron chi connectivity index (χ1n) is 15.9. The monoisotopic (exact) mass is 601 g/mol. The molecule has 4 aliphatic rings. The SMILES string of the molecule is CCOc1ccc(NC(=O)CSc2nnc(CNC(=O)C34CC5CC(CC(C5)C3)C4)n2-c2c(CC)cccc2CC)cc1. The zero-order valence-electron chi connectivity index (χ0n) is 25.5. The molecule has 4 bridgehead atoms. The summed E-state index contributed by atoms with van der Waals surface area (Å²) in [5, 5.41) is 16.1. The molecule has 2 aromatic carbocycles. The number of aryl methyl sites for hydroxylation is 2. The maximum Gasteiger partial charge on any atom is 0.234 e. The van der Waals surface area contributed by atoms with Crippen molar-refractivity contribution in [3.8, 4) is 11.4 Å². The fourth-order valence-electron chi connectivity index (χ4n) is 8.10. The number of anilines is 1. The number of benzene rings is 2. The molecule has 0 unspecified atom stereocenters. The second-order valence-electron chi connectivity index (χ2n) is 12.5. The van der Waals surface area contributed by atoms with Gasteiger partial charge >= 0.3 is 0 Å². The van der Waals surface area contributed by atoms with Crippen molar-refractivity contribution in [2.24, 2.45) is 23.2 Å². The molecule has 9 heteroatoms. The van der Waals surface area contributed by atoms with E-state index in [1.807, 2.05) is 31.2 Å². The zero-order chi connectivity index (χ0) is 30.0. The second-order valence-corrected chi connectivity index (χ2v) is 13.5. The van der Waals surface area contributed by atoms with Crippen molar-refractivity contribution < 1.29 is 14.3 Å². The van der Waals surface area contributed by atoms with Gasteiger partial charge in [-0.1, -0.05) is 43.8 Å². The van der Waals surface area contributed by atoms with E-state index >= 15 is 0 Å². The minimum atomic E-state index is -0.216. The Balaban J connectivity index is 1.21. The Bertz CT molecular complexity index is 1410. The quantitative estimate of drug-likeness (QED) is 0.235. The van der Waals surface area contributed by atoms with Crippen molar-refractivity contribution in [2.75, 3.05) is 17.7 Å². The highest BCUT2D eigenvalue weighted by Gasteiger charge is 2.54. The molecule has 0 aliphatic heterocycles. The summed E-state index contributed by atoms with van der Waals surface area (Å²) < 4.78 is 7.58. The molecule has 3 aromatic rings. The normalized spacial score (nSPS) is 23.7. The number of para-hydroxylation sites is 1. The first kappa shape index (κ1) is 29.7. The lowest BCUT2D eigenvalue weighted by Gasteiger charge is -2.55. The largest absolute Gasteiger partial charge is 0.494 e. The van der Waals surface area contributed by atoms with Crippen LogP contribution in [0, 0.1) is 23.2 Å². The summed E-state index contributed by atoms with van der Waals surface area (Å²) in [6.45, 7) is 7.14. The average Bonchev–Trinajstić information content (AvgIpc) is 3.40. The van der Waals surface area contributed by atoms with Crippen LogP contribution in [-0.4, -0.2) is 38.9 Å². The number of aromatic nitrogens is 3. The van der Waals surface area contributed by atoms with E-state index in [4.69, 9.17) is 4.74 Å². The number of thioether (sulfide) groups is 1. The zero-order valence-corrected chi connectivity index (χ0v) is 26.3. The minimum absolute atomic E-state index is 0.125. The number of nitrogens with one attached hydrogen (secondary N) is 2. The molecule has 8 nitrogen and oxygen atoms in total. The van der Waals surface area contributed by atoms with Crippen molar-refractivity contribution in [2.45, 2.75) is 83.8 Å². The van der Waals surface area contributed by atoms with Gasteiger partial charge in [0.15, 0.2) is 11.0 Å². The van der Waals surface area contributed by atoms with Crippen LogP contribution < -0.4 is 15.4 Å². The standard InChI is InChI=1S/C34H43N5O3S/c1-4-25-8-7-9-26(5-2)31(25)39-29(20-35-32(41)34-17-22-14-23(18-34)16-24(15-22)19-34)37-38-33(39)43-21-30(40)36-27-10-12-28(13-11-27)42-6-3/h7-13,22-24H,4-6,14-21H2,1-3H3,(H,35,41)(H,36,40). The molecule has 2 amide bonds. The molecule has 0 spiro atoms. The first-order chi connectivity index (χ1) is 20.9. The maximum atomic E-state index is 13.8. The summed E-state index contributed by atoms with van der Waals surface area (Å²) >= 11 is 1.36. The van der Waals surface area contributed by atoms with Gasteiger partial charge in [0, 0.05) is 11.1 Å². The molecule has 7 rings (SSSR count). The Morgan fingerprint density at radius 1 is 0.930 bits per heavy atom. The van der Waals surface area contributed by atoms with E-state index in [2.05, 4.69) is 57.4 Å². The number of carbonyl (C=O) groups is 2. The maximum absolute atomic E-state index is 13.8. The molecule has 228 valence electrons. The summed E-state index contributed by atoms with van der Waals surface area (Å²) in [4.78, 5) is 26.7. The van der Waals surface area contributed by atoms with E-state index in [9.17, 15) is 9.59 Å². The molecule has 4 saturated carbocycles. The highest BCUT2D eigenvalue weighted by Crippen LogP contribution is 2.60. The van der Waals surface area contributed by atoms with Gasteiger partial charge in [-0.2, -0.15) is 0 Å². The molecule has 4 aliphatic carbocycles. The van der Waals surface area contributed by atoms with Gasteiger partial charge in [-0.25, -0.2) is 0 Å². The Morgan fingerprint density at radius 2 is 1.56 bits per heavy atom. The molecule has 0 radical (unpaired) electrons. The highest BCUT2D eigenvalue weighted by molar-refractivity contribution is 7.99. The number of rotatable bonds is 12. The van der Waals surface area contributed by atoms with Gasteiger partial charge in [-0.15, -0.1) is 10.2 Å². The van der Waals surface area contributed by atoms with Crippen LogP contribution in [0.2, 0.25) is 0 Å². The van der Waals surface area contributed by atoms with Crippen LogP contribution in [0.15, 0.2) is 47.6 Å². The summed E-state index contributed by atoms with van der Waals surface area (Å²) in [7, 11) is 0. The van der Waals surface area contributed by atoms with Crippen LogP contribution in [0.25, 0.3) is 5.69 Å². The van der Waals surface area contributed by atoms with Crippen LogP contribution in [0.1, 0.15) is 76.2 Å². The van der Waals surface area contributed by atoms with E-state index < -0.39 is 0 Å². The molecule has 0 saturated heterocycles. The molecule has 2 N–H and O–H groups in total. The Morgan fingerprint density at radius 3 is 2.14 bits per heavy atom.